The molecule has 7 heteroatoms. The minimum atomic E-state index is -3.96. The van der Waals surface area contributed by atoms with E-state index >= 15 is 0 Å². The summed E-state index contributed by atoms with van der Waals surface area (Å²) in [5.41, 5.74) is 1.80. The fourth-order valence-electron chi connectivity index (χ4n) is 2.28. The lowest BCUT2D eigenvalue weighted by Gasteiger charge is -2.06. The van der Waals surface area contributed by atoms with Gasteiger partial charge in [-0.25, -0.2) is 4.99 Å². The van der Waals surface area contributed by atoms with Crippen molar-refractivity contribution in [2.75, 3.05) is 0 Å². The van der Waals surface area contributed by atoms with Gasteiger partial charge in [0, 0.05) is 5.56 Å². The molecule has 2 aromatic rings. The van der Waals surface area contributed by atoms with Crippen molar-refractivity contribution in [2.24, 2.45) is 9.39 Å². The number of nitrogens with zero attached hydrogens (tertiary/aromatic N) is 2. The number of benzene rings is 2. The highest BCUT2D eigenvalue weighted by Gasteiger charge is 2.16. The van der Waals surface area contributed by atoms with Crippen LogP contribution in [0.2, 0.25) is 0 Å². The van der Waals surface area contributed by atoms with Crippen molar-refractivity contribution >= 4 is 39.0 Å². The second-order valence-corrected chi connectivity index (χ2v) is 7.81. The number of carbonyl (C=O) groups is 1. The molecule has 0 N–H and O–H groups in total. The van der Waals surface area contributed by atoms with Gasteiger partial charge < -0.3 is 0 Å². The number of amidine groups is 1. The van der Waals surface area contributed by atoms with Crippen LogP contribution in [0.4, 0.5) is 0 Å². The third-order valence-corrected chi connectivity index (χ3v) is 5.28. The molecule has 0 unspecified atom stereocenters. The Morgan fingerprint density at radius 3 is 2.26 bits per heavy atom. The number of hydrogen-bond acceptors (Lipinski definition) is 3. The van der Waals surface area contributed by atoms with E-state index in [1.54, 1.807) is 42.5 Å². The minimum Gasteiger partial charge on any atom is -0.288 e. The highest BCUT2D eigenvalue weighted by Crippen LogP contribution is 2.17. The van der Waals surface area contributed by atoms with Crippen molar-refractivity contribution in [3.05, 3.63) is 89.0 Å². The molecule has 0 fully saturated rings. The van der Waals surface area contributed by atoms with E-state index < -0.39 is 10.0 Å². The number of aryl methyl sites for hydroxylation is 1. The quantitative estimate of drug-likeness (QED) is 0.448. The lowest BCUT2D eigenvalue weighted by Crippen LogP contribution is -2.09. The topological polar surface area (TPSA) is 75.9 Å². The maximum Gasteiger partial charge on any atom is 0.284 e. The summed E-state index contributed by atoms with van der Waals surface area (Å²) in [5, 5.41) is 0.00468. The van der Waals surface area contributed by atoms with Crippen LogP contribution in [0.5, 0.6) is 0 Å². The largest absolute Gasteiger partial charge is 0.288 e. The van der Waals surface area contributed by atoms with Crippen LogP contribution in [-0.2, 0) is 14.8 Å². The molecule has 136 valence electrons. The first-order valence-electron chi connectivity index (χ1n) is 8.00. The third-order valence-electron chi connectivity index (χ3n) is 3.71. The van der Waals surface area contributed by atoms with Gasteiger partial charge in [-0.05, 0) is 37.3 Å². The Bertz CT molecular complexity index is 1100. The van der Waals surface area contributed by atoms with E-state index in [2.05, 4.69) is 9.39 Å². The number of rotatable bonds is 3. The maximum atomic E-state index is 12.7. The van der Waals surface area contributed by atoms with Gasteiger partial charge in [0.1, 0.15) is 0 Å². The summed E-state index contributed by atoms with van der Waals surface area (Å²) in [5.74, 6) is -0.327. The van der Waals surface area contributed by atoms with E-state index in [1.165, 1.54) is 30.4 Å². The molecule has 0 amide bonds. The molecule has 0 aromatic heterocycles. The summed E-state index contributed by atoms with van der Waals surface area (Å²) in [4.78, 5) is 15.8. The van der Waals surface area contributed by atoms with Crippen LogP contribution in [0.1, 0.15) is 11.1 Å². The van der Waals surface area contributed by atoms with E-state index in [0.29, 0.717) is 11.3 Å². The molecular weight excluding hydrogens is 384 g/mol. The van der Waals surface area contributed by atoms with Gasteiger partial charge in [0.15, 0.2) is 11.6 Å². The number of allylic oxidation sites excluding steroid dienone is 4. The average molecular weight is 399 g/mol. The number of ketones is 1. The summed E-state index contributed by atoms with van der Waals surface area (Å²) < 4.78 is 29.4. The minimum absolute atomic E-state index is 0.00468. The van der Waals surface area contributed by atoms with Crippen molar-refractivity contribution in [2.45, 2.75) is 11.8 Å². The lowest BCUT2D eigenvalue weighted by molar-refractivity contribution is -0.110. The number of sulfonamides is 1. The first-order chi connectivity index (χ1) is 12.8. The van der Waals surface area contributed by atoms with Crippen molar-refractivity contribution in [3.8, 4) is 0 Å². The Labute approximate surface area is 162 Å². The van der Waals surface area contributed by atoms with Crippen molar-refractivity contribution in [1.82, 2.24) is 0 Å². The predicted molar refractivity (Wildman–Crippen MR) is 107 cm³/mol. The molecule has 5 nitrogen and oxygen atoms in total. The monoisotopic (exact) mass is 398 g/mol. The summed E-state index contributed by atoms with van der Waals surface area (Å²) in [6.45, 7) is 1.87. The van der Waals surface area contributed by atoms with Gasteiger partial charge >= 0.3 is 0 Å². The molecular formula is C20H15ClN2O3S. The van der Waals surface area contributed by atoms with Crippen molar-refractivity contribution in [1.29, 1.82) is 0 Å². The van der Waals surface area contributed by atoms with Crippen LogP contribution in [-0.4, -0.2) is 25.7 Å². The molecule has 0 spiro atoms. The molecule has 2 aromatic carbocycles. The maximum absolute atomic E-state index is 12.7. The number of halogens is 1. The molecule has 0 aliphatic heterocycles. The number of aliphatic imine (C=N–C) groups is 1. The highest BCUT2D eigenvalue weighted by atomic mass is 35.5. The van der Waals surface area contributed by atoms with E-state index in [-0.39, 0.29) is 21.5 Å². The fourth-order valence-corrected chi connectivity index (χ4v) is 3.42. The third kappa shape index (κ3) is 4.67. The van der Waals surface area contributed by atoms with Gasteiger partial charge in [0.25, 0.3) is 10.0 Å². The van der Waals surface area contributed by atoms with Crippen molar-refractivity contribution in [3.63, 3.8) is 0 Å². The highest BCUT2D eigenvalue weighted by molar-refractivity contribution is 7.90. The number of carbonyl (C=O) groups excluding carboxylic acids is 1. The molecule has 1 aliphatic carbocycles. The summed E-state index contributed by atoms with van der Waals surface area (Å²) in [7, 11) is -3.96. The van der Waals surface area contributed by atoms with E-state index in [4.69, 9.17) is 11.6 Å². The molecule has 0 saturated carbocycles. The second-order valence-electron chi connectivity index (χ2n) is 5.80. The normalized spacial score (nSPS) is 16.5. The molecule has 1 aliphatic rings. The fraction of sp³-hybridized carbons (Fsp3) is 0.0500. The first-order valence-corrected chi connectivity index (χ1v) is 9.82. The Morgan fingerprint density at radius 1 is 0.963 bits per heavy atom. The van der Waals surface area contributed by atoms with Crippen LogP contribution >= 0.6 is 11.6 Å². The van der Waals surface area contributed by atoms with Gasteiger partial charge in [0.2, 0.25) is 0 Å². The van der Waals surface area contributed by atoms with Gasteiger partial charge in [-0.1, -0.05) is 59.6 Å². The predicted octanol–water partition coefficient (Wildman–Crippen LogP) is 3.83. The van der Waals surface area contributed by atoms with Gasteiger partial charge in [-0.2, -0.15) is 8.42 Å². The van der Waals surface area contributed by atoms with E-state index in [1.807, 2.05) is 6.92 Å². The molecule has 0 radical (unpaired) electrons. The molecule has 3 rings (SSSR count). The van der Waals surface area contributed by atoms with Gasteiger partial charge in [0.05, 0.1) is 15.6 Å². The Kier molecular flexibility index (Phi) is 5.48. The Balaban J connectivity index is 2.11. The van der Waals surface area contributed by atoms with Crippen LogP contribution in [0.3, 0.4) is 0 Å². The zero-order chi connectivity index (χ0) is 19.4. The molecule has 27 heavy (non-hydrogen) atoms. The second kappa shape index (κ2) is 7.82. The van der Waals surface area contributed by atoms with Crippen LogP contribution in [0.25, 0.3) is 0 Å². The standard InChI is InChI=1S/C20H15ClN2O3S/c1-14-7-10-17(11-8-14)27(25,26)23-20(15-5-3-2-4-6-15)22-16-9-12-19(24)18(21)13-16/h2-13H,1H3/b22-16?,23-20+. The molecule has 0 saturated heterocycles. The smallest absolute Gasteiger partial charge is 0.284 e. The molecule has 0 bridgehead atoms. The lowest BCUT2D eigenvalue weighted by atomic mass is 10.1. The zero-order valence-corrected chi connectivity index (χ0v) is 15.9. The van der Waals surface area contributed by atoms with Gasteiger partial charge in [-0.3, -0.25) is 4.79 Å². The van der Waals surface area contributed by atoms with Crippen LogP contribution < -0.4 is 0 Å². The summed E-state index contributed by atoms with van der Waals surface area (Å²) >= 11 is 5.86. The zero-order valence-electron chi connectivity index (χ0n) is 14.3. The number of hydrogen-bond donors (Lipinski definition) is 0. The Hall–Kier alpha value is -2.83. The van der Waals surface area contributed by atoms with Crippen LogP contribution in [0, 0.1) is 6.92 Å². The Morgan fingerprint density at radius 2 is 1.63 bits per heavy atom. The van der Waals surface area contributed by atoms with E-state index in [0.717, 1.165) is 5.56 Å². The average Bonchev–Trinajstić information content (AvgIpc) is 2.65. The molecule has 0 heterocycles. The van der Waals surface area contributed by atoms with E-state index in [9.17, 15) is 13.2 Å². The summed E-state index contributed by atoms with van der Waals surface area (Å²) in [6, 6.07) is 15.1. The SMILES string of the molecule is Cc1ccc(S(=O)(=O)/N=C(/N=C2C=CC(=O)C(Cl)=C2)c2ccccc2)cc1. The van der Waals surface area contributed by atoms with Crippen molar-refractivity contribution < 1.29 is 13.2 Å². The first kappa shape index (κ1) is 18.9. The van der Waals surface area contributed by atoms with Crippen LogP contribution in [0.15, 0.2) is 92.1 Å². The van der Waals surface area contributed by atoms with Gasteiger partial charge in [-0.15, -0.1) is 4.40 Å². The molecule has 0 atom stereocenters. The summed E-state index contributed by atoms with van der Waals surface area (Å²) in [6.07, 6.45) is 4.12.